The van der Waals surface area contributed by atoms with Crippen molar-refractivity contribution in [1.82, 2.24) is 9.78 Å². The van der Waals surface area contributed by atoms with E-state index < -0.39 is 5.97 Å². The molecule has 0 amide bonds. The van der Waals surface area contributed by atoms with E-state index in [0.717, 1.165) is 12.0 Å². The molecule has 0 radical (unpaired) electrons. The van der Waals surface area contributed by atoms with Gasteiger partial charge >= 0.3 is 5.97 Å². The summed E-state index contributed by atoms with van der Waals surface area (Å²) in [6.45, 7) is 2.08. The van der Waals surface area contributed by atoms with Crippen molar-refractivity contribution in [2.24, 2.45) is 0 Å². The number of nitrogens with zero attached hydrogens (tertiary/aromatic N) is 2. The number of benzene rings is 2. The number of hydrogen-bond acceptors (Lipinski definition) is 3. The van der Waals surface area contributed by atoms with Crippen LogP contribution in [0.1, 0.15) is 23.0 Å². The summed E-state index contributed by atoms with van der Waals surface area (Å²) < 4.78 is 1.32. The Morgan fingerprint density at radius 1 is 1.13 bits per heavy atom. The Bertz CT molecular complexity index is 851. The summed E-state index contributed by atoms with van der Waals surface area (Å²) in [6, 6.07) is 15.7. The molecule has 3 rings (SSSR count). The highest BCUT2D eigenvalue weighted by Gasteiger charge is 2.17. The highest BCUT2D eigenvalue weighted by Crippen LogP contribution is 2.24. The second kappa shape index (κ2) is 5.96. The molecule has 0 aliphatic rings. The molecule has 5 heteroatoms. The first-order chi connectivity index (χ1) is 11.1. The van der Waals surface area contributed by atoms with Crippen LogP contribution in [0.5, 0.6) is 5.75 Å². The molecule has 23 heavy (non-hydrogen) atoms. The summed E-state index contributed by atoms with van der Waals surface area (Å²) in [6.07, 6.45) is 0.943. The highest BCUT2D eigenvalue weighted by atomic mass is 16.4. The van der Waals surface area contributed by atoms with Gasteiger partial charge in [-0.2, -0.15) is 5.10 Å². The predicted octanol–water partition coefficient (Wildman–Crippen LogP) is 3.51. The number of hydrogen-bond donors (Lipinski definition) is 2. The standard InChI is InChI=1S/C18H16N2O3/c1-2-12-6-8-13(9-7-12)16-11-17(18(22)23)20(19-16)14-4-3-5-15(21)10-14/h3-11,21H,2H2,1H3,(H,22,23). The van der Waals surface area contributed by atoms with E-state index in [-0.39, 0.29) is 11.4 Å². The lowest BCUT2D eigenvalue weighted by Gasteiger charge is -2.04. The van der Waals surface area contributed by atoms with Gasteiger partial charge in [-0.3, -0.25) is 0 Å². The first kappa shape index (κ1) is 14.8. The number of aromatic nitrogens is 2. The Hall–Kier alpha value is -3.08. The molecule has 0 unspecified atom stereocenters. The maximum Gasteiger partial charge on any atom is 0.354 e. The van der Waals surface area contributed by atoms with Gasteiger partial charge in [0.1, 0.15) is 5.75 Å². The fraction of sp³-hybridized carbons (Fsp3) is 0.111. The van der Waals surface area contributed by atoms with Crippen molar-refractivity contribution < 1.29 is 15.0 Å². The minimum atomic E-state index is -1.07. The molecule has 3 aromatic rings. The van der Waals surface area contributed by atoms with Crippen molar-refractivity contribution >= 4 is 5.97 Å². The van der Waals surface area contributed by atoms with Gasteiger partial charge in [0.2, 0.25) is 0 Å². The minimum absolute atomic E-state index is 0.0465. The van der Waals surface area contributed by atoms with Crippen molar-refractivity contribution in [3.63, 3.8) is 0 Å². The third-order valence-electron chi connectivity index (χ3n) is 3.66. The van der Waals surface area contributed by atoms with Gasteiger partial charge in [-0.15, -0.1) is 0 Å². The van der Waals surface area contributed by atoms with Crippen molar-refractivity contribution in [3.8, 4) is 22.7 Å². The molecule has 0 saturated heterocycles. The molecule has 116 valence electrons. The lowest BCUT2D eigenvalue weighted by molar-refractivity contribution is 0.0687. The highest BCUT2D eigenvalue weighted by molar-refractivity contribution is 5.88. The molecule has 0 saturated carbocycles. The Kier molecular flexibility index (Phi) is 3.85. The van der Waals surface area contributed by atoms with Crippen molar-refractivity contribution in [2.75, 3.05) is 0 Å². The van der Waals surface area contributed by atoms with Gasteiger partial charge in [0, 0.05) is 11.6 Å². The topological polar surface area (TPSA) is 75.3 Å². The summed E-state index contributed by atoms with van der Waals surface area (Å²) in [5.74, 6) is -1.01. The zero-order valence-corrected chi connectivity index (χ0v) is 12.6. The Balaban J connectivity index is 2.10. The normalized spacial score (nSPS) is 10.7. The first-order valence-corrected chi connectivity index (χ1v) is 7.30. The van der Waals surface area contributed by atoms with Gasteiger partial charge in [-0.1, -0.05) is 37.3 Å². The number of aromatic carboxylic acids is 1. The number of phenolic OH excluding ortho intramolecular Hbond substituents is 1. The number of carboxylic acids is 1. The fourth-order valence-electron chi connectivity index (χ4n) is 2.41. The maximum absolute atomic E-state index is 11.5. The molecular weight excluding hydrogens is 292 g/mol. The molecular formula is C18H16N2O3. The Morgan fingerprint density at radius 2 is 1.87 bits per heavy atom. The number of carboxylic acid groups (broad SMARTS) is 1. The van der Waals surface area contributed by atoms with E-state index in [9.17, 15) is 15.0 Å². The monoisotopic (exact) mass is 308 g/mol. The largest absolute Gasteiger partial charge is 0.508 e. The molecule has 0 spiro atoms. The molecule has 0 fully saturated rings. The van der Waals surface area contributed by atoms with E-state index in [1.807, 2.05) is 24.3 Å². The van der Waals surface area contributed by atoms with Crippen molar-refractivity contribution in [1.29, 1.82) is 0 Å². The van der Waals surface area contributed by atoms with Gasteiger partial charge in [0.05, 0.1) is 11.4 Å². The lowest BCUT2D eigenvalue weighted by atomic mass is 10.1. The molecule has 0 aliphatic heterocycles. The van der Waals surface area contributed by atoms with Gasteiger partial charge in [0.15, 0.2) is 5.69 Å². The molecule has 1 aromatic heterocycles. The zero-order valence-electron chi connectivity index (χ0n) is 12.6. The van der Waals surface area contributed by atoms with Crippen LogP contribution in [-0.4, -0.2) is 26.0 Å². The predicted molar refractivity (Wildman–Crippen MR) is 87.0 cm³/mol. The number of carbonyl (C=O) groups is 1. The van der Waals surface area contributed by atoms with E-state index >= 15 is 0 Å². The molecule has 1 heterocycles. The average molecular weight is 308 g/mol. The fourth-order valence-corrected chi connectivity index (χ4v) is 2.41. The molecule has 2 aromatic carbocycles. The van der Waals surface area contributed by atoms with E-state index in [1.165, 1.54) is 28.4 Å². The maximum atomic E-state index is 11.5. The summed E-state index contributed by atoms with van der Waals surface area (Å²) in [5, 5.41) is 23.4. The second-order valence-corrected chi connectivity index (χ2v) is 5.20. The zero-order chi connectivity index (χ0) is 16.4. The quantitative estimate of drug-likeness (QED) is 0.773. The van der Waals surface area contributed by atoms with E-state index in [1.54, 1.807) is 12.1 Å². The van der Waals surface area contributed by atoms with Crippen LogP contribution in [0.3, 0.4) is 0 Å². The average Bonchev–Trinajstić information content (AvgIpc) is 3.00. The van der Waals surface area contributed by atoms with E-state index in [2.05, 4.69) is 12.0 Å². The number of rotatable bonds is 4. The smallest absolute Gasteiger partial charge is 0.354 e. The van der Waals surface area contributed by atoms with Crippen molar-refractivity contribution in [3.05, 3.63) is 65.9 Å². The van der Waals surface area contributed by atoms with Crippen LogP contribution in [0.4, 0.5) is 0 Å². The number of phenols is 1. The minimum Gasteiger partial charge on any atom is -0.508 e. The van der Waals surface area contributed by atoms with Crippen LogP contribution in [0.2, 0.25) is 0 Å². The van der Waals surface area contributed by atoms with E-state index in [4.69, 9.17) is 0 Å². The summed E-state index contributed by atoms with van der Waals surface area (Å²) >= 11 is 0. The molecule has 0 bridgehead atoms. The van der Waals surface area contributed by atoms with Crippen LogP contribution < -0.4 is 0 Å². The number of aromatic hydroxyl groups is 1. The van der Waals surface area contributed by atoms with Crippen molar-refractivity contribution in [2.45, 2.75) is 13.3 Å². The summed E-state index contributed by atoms with van der Waals surface area (Å²) in [5.41, 5.74) is 3.18. The third kappa shape index (κ3) is 2.94. The number of aryl methyl sites for hydroxylation is 1. The molecule has 5 nitrogen and oxygen atoms in total. The van der Waals surface area contributed by atoms with Crippen LogP contribution in [-0.2, 0) is 6.42 Å². The van der Waals surface area contributed by atoms with Crippen LogP contribution in [0, 0.1) is 0 Å². The van der Waals surface area contributed by atoms with Gasteiger partial charge in [0.25, 0.3) is 0 Å². The van der Waals surface area contributed by atoms with Crippen LogP contribution in [0.25, 0.3) is 16.9 Å². The van der Waals surface area contributed by atoms with Crippen LogP contribution in [0.15, 0.2) is 54.6 Å². The Labute approximate surface area is 133 Å². The van der Waals surface area contributed by atoms with E-state index in [0.29, 0.717) is 11.4 Å². The molecule has 0 aliphatic carbocycles. The Morgan fingerprint density at radius 3 is 2.48 bits per heavy atom. The first-order valence-electron chi connectivity index (χ1n) is 7.30. The van der Waals surface area contributed by atoms with Gasteiger partial charge in [-0.25, -0.2) is 9.48 Å². The third-order valence-corrected chi connectivity index (χ3v) is 3.66. The SMILES string of the molecule is CCc1ccc(-c2cc(C(=O)O)n(-c3cccc(O)c3)n2)cc1. The second-order valence-electron chi connectivity index (χ2n) is 5.20. The lowest BCUT2D eigenvalue weighted by Crippen LogP contribution is -2.07. The van der Waals surface area contributed by atoms with Crippen LogP contribution >= 0.6 is 0 Å². The molecule has 0 atom stereocenters. The molecule has 2 N–H and O–H groups in total. The summed E-state index contributed by atoms with van der Waals surface area (Å²) in [4.78, 5) is 11.5. The van der Waals surface area contributed by atoms with Gasteiger partial charge in [-0.05, 0) is 30.2 Å². The van der Waals surface area contributed by atoms with Gasteiger partial charge < -0.3 is 10.2 Å². The summed E-state index contributed by atoms with van der Waals surface area (Å²) in [7, 11) is 0.